The van der Waals surface area contributed by atoms with Gasteiger partial charge in [-0.3, -0.25) is 4.79 Å². The first-order valence-corrected chi connectivity index (χ1v) is 8.65. The van der Waals surface area contributed by atoms with Crippen molar-refractivity contribution < 1.29 is 14.6 Å². The minimum Gasteiger partial charge on any atom is -0.496 e. The van der Waals surface area contributed by atoms with Crippen LogP contribution in [0.2, 0.25) is 0 Å². The van der Waals surface area contributed by atoms with Crippen LogP contribution in [-0.4, -0.2) is 30.8 Å². The number of amides is 1. The Kier molecular flexibility index (Phi) is 6.05. The highest BCUT2D eigenvalue weighted by molar-refractivity contribution is 5.88. The van der Waals surface area contributed by atoms with Crippen molar-refractivity contribution in [2.45, 2.75) is 63.9 Å². The fourth-order valence-corrected chi connectivity index (χ4v) is 3.47. The van der Waals surface area contributed by atoms with Crippen LogP contribution < -0.4 is 10.1 Å². The van der Waals surface area contributed by atoms with Gasteiger partial charge in [-0.05, 0) is 49.8 Å². The molecule has 0 saturated heterocycles. The number of methoxy groups -OCH3 is 1. The normalized spacial score (nSPS) is 17.7. The van der Waals surface area contributed by atoms with Crippen LogP contribution in [0.15, 0.2) is 18.2 Å². The molecule has 0 aliphatic heterocycles. The van der Waals surface area contributed by atoms with Gasteiger partial charge in [0, 0.05) is 6.54 Å². The summed E-state index contributed by atoms with van der Waals surface area (Å²) < 4.78 is 5.43. The van der Waals surface area contributed by atoms with E-state index < -0.39 is 5.41 Å². The highest BCUT2D eigenvalue weighted by atomic mass is 16.5. The lowest BCUT2D eigenvalue weighted by molar-refractivity contribution is -0.126. The first-order chi connectivity index (χ1) is 11.0. The minimum absolute atomic E-state index is 0.0872. The van der Waals surface area contributed by atoms with Crippen molar-refractivity contribution >= 4 is 5.91 Å². The summed E-state index contributed by atoms with van der Waals surface area (Å²) in [6.07, 6.45) is 4.88. The van der Waals surface area contributed by atoms with Crippen molar-refractivity contribution in [3.05, 3.63) is 29.3 Å². The van der Waals surface area contributed by atoms with Crippen LogP contribution in [0.4, 0.5) is 0 Å². The molecule has 1 atom stereocenters. The number of carbonyl (C=O) groups is 1. The molecule has 2 N–H and O–H groups in total. The molecule has 0 heterocycles. The SMILES string of the molecule is CCC(O)CCNC(=O)C1(c2ccc(C)c(OC)c2)CCCC1. The smallest absolute Gasteiger partial charge is 0.230 e. The van der Waals surface area contributed by atoms with Crippen molar-refractivity contribution in [2.75, 3.05) is 13.7 Å². The van der Waals surface area contributed by atoms with Gasteiger partial charge in [-0.1, -0.05) is 31.9 Å². The zero-order chi connectivity index (χ0) is 16.9. The Hall–Kier alpha value is -1.55. The summed E-state index contributed by atoms with van der Waals surface area (Å²) in [4.78, 5) is 12.9. The Morgan fingerprint density at radius 3 is 2.70 bits per heavy atom. The van der Waals surface area contributed by atoms with Crippen LogP contribution in [0.1, 0.15) is 56.6 Å². The zero-order valence-corrected chi connectivity index (χ0v) is 14.5. The molecule has 128 valence electrons. The van der Waals surface area contributed by atoms with Crippen molar-refractivity contribution in [2.24, 2.45) is 0 Å². The maximum Gasteiger partial charge on any atom is 0.230 e. The molecule has 1 aromatic rings. The van der Waals surface area contributed by atoms with E-state index in [0.717, 1.165) is 49.0 Å². The standard InChI is InChI=1S/C19H29NO3/c1-4-16(21)9-12-20-18(22)19(10-5-6-11-19)15-8-7-14(2)17(13-15)23-3/h7-8,13,16,21H,4-6,9-12H2,1-3H3,(H,20,22). The first kappa shape index (κ1) is 17.8. The molecule has 0 bridgehead atoms. The molecule has 4 heteroatoms. The van der Waals surface area contributed by atoms with Crippen molar-refractivity contribution in [1.29, 1.82) is 0 Å². The molecule has 1 fully saturated rings. The van der Waals surface area contributed by atoms with Gasteiger partial charge in [0.2, 0.25) is 5.91 Å². The van der Waals surface area contributed by atoms with Crippen molar-refractivity contribution in [3.8, 4) is 5.75 Å². The number of aliphatic hydroxyl groups excluding tert-OH is 1. The van der Waals surface area contributed by atoms with E-state index in [1.807, 2.05) is 26.0 Å². The summed E-state index contributed by atoms with van der Waals surface area (Å²) in [6, 6.07) is 6.10. The second-order valence-electron chi connectivity index (χ2n) is 6.58. The second kappa shape index (κ2) is 7.82. The molecule has 1 amide bonds. The van der Waals surface area contributed by atoms with Gasteiger partial charge < -0.3 is 15.2 Å². The summed E-state index contributed by atoms with van der Waals surface area (Å²) in [6.45, 7) is 4.48. The number of aryl methyl sites for hydroxylation is 1. The molecule has 4 nitrogen and oxygen atoms in total. The number of hydrogen-bond acceptors (Lipinski definition) is 3. The summed E-state index contributed by atoms with van der Waals surface area (Å²) in [7, 11) is 1.67. The second-order valence-corrected chi connectivity index (χ2v) is 6.58. The lowest BCUT2D eigenvalue weighted by Crippen LogP contribution is -2.43. The van der Waals surface area contributed by atoms with Gasteiger partial charge in [-0.15, -0.1) is 0 Å². The predicted octanol–water partition coefficient (Wildman–Crippen LogP) is 3.09. The van der Waals surface area contributed by atoms with Gasteiger partial charge in [-0.2, -0.15) is 0 Å². The Bertz CT molecular complexity index is 535. The van der Waals surface area contributed by atoms with E-state index in [1.54, 1.807) is 7.11 Å². The topological polar surface area (TPSA) is 58.6 Å². The molecule has 1 saturated carbocycles. The van der Waals surface area contributed by atoms with Crippen molar-refractivity contribution in [3.63, 3.8) is 0 Å². The molecule has 1 aliphatic rings. The maximum absolute atomic E-state index is 12.9. The Labute approximate surface area is 139 Å². The highest BCUT2D eigenvalue weighted by Crippen LogP contribution is 2.42. The van der Waals surface area contributed by atoms with Crippen LogP contribution in [0.25, 0.3) is 0 Å². The number of carbonyl (C=O) groups excluding carboxylic acids is 1. The van der Waals surface area contributed by atoms with Gasteiger partial charge in [0.15, 0.2) is 0 Å². The van der Waals surface area contributed by atoms with E-state index in [4.69, 9.17) is 4.74 Å². The molecule has 2 rings (SSSR count). The van der Waals surface area contributed by atoms with Crippen molar-refractivity contribution in [1.82, 2.24) is 5.32 Å². The van der Waals surface area contributed by atoms with Gasteiger partial charge in [0.25, 0.3) is 0 Å². The van der Waals surface area contributed by atoms with Crippen LogP contribution in [0.5, 0.6) is 5.75 Å². The monoisotopic (exact) mass is 319 g/mol. The number of aliphatic hydroxyl groups is 1. The molecule has 0 spiro atoms. The number of hydrogen-bond donors (Lipinski definition) is 2. The van der Waals surface area contributed by atoms with Gasteiger partial charge in [0.05, 0.1) is 18.6 Å². The molecule has 23 heavy (non-hydrogen) atoms. The quantitative estimate of drug-likeness (QED) is 0.812. The van der Waals surface area contributed by atoms with Gasteiger partial charge >= 0.3 is 0 Å². The van der Waals surface area contributed by atoms with Gasteiger partial charge in [-0.25, -0.2) is 0 Å². The minimum atomic E-state index is -0.446. The van der Waals surface area contributed by atoms with E-state index in [2.05, 4.69) is 11.4 Å². The molecular weight excluding hydrogens is 290 g/mol. The number of rotatable bonds is 7. The molecule has 0 aromatic heterocycles. The first-order valence-electron chi connectivity index (χ1n) is 8.65. The summed E-state index contributed by atoms with van der Waals surface area (Å²) >= 11 is 0. The number of ether oxygens (including phenoxy) is 1. The largest absolute Gasteiger partial charge is 0.496 e. The summed E-state index contributed by atoms with van der Waals surface area (Å²) in [5, 5.41) is 12.7. The summed E-state index contributed by atoms with van der Waals surface area (Å²) in [5.41, 5.74) is 1.68. The molecule has 0 radical (unpaired) electrons. The van der Waals surface area contributed by atoms with E-state index >= 15 is 0 Å². The highest BCUT2D eigenvalue weighted by Gasteiger charge is 2.42. The third kappa shape index (κ3) is 3.86. The van der Waals surface area contributed by atoms with Crippen LogP contribution >= 0.6 is 0 Å². The fraction of sp³-hybridized carbons (Fsp3) is 0.632. The van der Waals surface area contributed by atoms with E-state index in [-0.39, 0.29) is 12.0 Å². The molecule has 1 aromatic carbocycles. The molecular formula is C19H29NO3. The Morgan fingerprint density at radius 2 is 2.09 bits per heavy atom. The van der Waals surface area contributed by atoms with Crippen LogP contribution in [-0.2, 0) is 10.2 Å². The third-order valence-corrected chi connectivity index (χ3v) is 5.09. The number of benzene rings is 1. The lowest BCUT2D eigenvalue weighted by atomic mass is 9.77. The Morgan fingerprint density at radius 1 is 1.39 bits per heavy atom. The molecule has 1 aliphatic carbocycles. The zero-order valence-electron chi connectivity index (χ0n) is 14.5. The average molecular weight is 319 g/mol. The lowest BCUT2D eigenvalue weighted by Gasteiger charge is -2.29. The van der Waals surface area contributed by atoms with E-state index in [1.165, 1.54) is 0 Å². The third-order valence-electron chi connectivity index (χ3n) is 5.09. The molecule has 1 unspecified atom stereocenters. The van der Waals surface area contributed by atoms with Crippen LogP contribution in [0.3, 0.4) is 0 Å². The van der Waals surface area contributed by atoms with E-state index in [0.29, 0.717) is 13.0 Å². The van der Waals surface area contributed by atoms with Gasteiger partial charge in [0.1, 0.15) is 5.75 Å². The maximum atomic E-state index is 12.9. The van der Waals surface area contributed by atoms with E-state index in [9.17, 15) is 9.90 Å². The Balaban J connectivity index is 2.17. The average Bonchev–Trinajstić information content (AvgIpc) is 3.06. The summed E-state index contributed by atoms with van der Waals surface area (Å²) in [5.74, 6) is 0.923. The fourth-order valence-electron chi connectivity index (χ4n) is 3.47. The van der Waals surface area contributed by atoms with Crippen LogP contribution in [0, 0.1) is 6.92 Å². The number of nitrogens with one attached hydrogen (secondary N) is 1. The predicted molar refractivity (Wildman–Crippen MR) is 91.8 cm³/mol.